The van der Waals surface area contributed by atoms with Crippen LogP contribution in [-0.2, 0) is 9.84 Å². The monoisotopic (exact) mass is 374 g/mol. The van der Waals surface area contributed by atoms with E-state index in [0.717, 1.165) is 16.8 Å². The molecule has 1 aromatic carbocycles. The molecule has 2 heterocycles. The third kappa shape index (κ3) is 3.85. The van der Waals surface area contributed by atoms with Crippen molar-refractivity contribution in [3.05, 3.63) is 47.4 Å². The smallest absolute Gasteiger partial charge is 0.274 e. The molecular weight excluding hydrogens is 352 g/mol. The first kappa shape index (κ1) is 18.3. The molecule has 0 spiro atoms. The van der Waals surface area contributed by atoms with E-state index in [0.29, 0.717) is 12.2 Å². The Balaban J connectivity index is 1.80. The first-order valence-electron chi connectivity index (χ1n) is 8.40. The van der Waals surface area contributed by atoms with Gasteiger partial charge in [0.1, 0.15) is 17.8 Å². The van der Waals surface area contributed by atoms with Gasteiger partial charge >= 0.3 is 0 Å². The van der Waals surface area contributed by atoms with E-state index in [1.165, 1.54) is 6.33 Å². The lowest BCUT2D eigenvalue weighted by Crippen LogP contribution is -2.33. The minimum atomic E-state index is -2.99. The van der Waals surface area contributed by atoms with E-state index in [9.17, 15) is 13.2 Å². The fourth-order valence-electron chi connectivity index (χ4n) is 3.12. The quantitative estimate of drug-likeness (QED) is 0.880. The van der Waals surface area contributed by atoms with Gasteiger partial charge in [0.2, 0.25) is 0 Å². The molecule has 1 aliphatic heterocycles. The standard InChI is InChI=1S/C18H22N4O3S/c1-12-5-4-6-13(2)17(12)21-18(23)15-9-16(20-11-19-15)22(3)14-7-8-26(24,25)10-14/h4-6,9,11,14H,7-8,10H2,1-3H3,(H,21,23). The van der Waals surface area contributed by atoms with E-state index < -0.39 is 9.84 Å². The van der Waals surface area contributed by atoms with E-state index in [-0.39, 0.29) is 29.1 Å². The van der Waals surface area contributed by atoms with Gasteiger partial charge in [-0.1, -0.05) is 18.2 Å². The molecule has 1 amide bonds. The van der Waals surface area contributed by atoms with Crippen LogP contribution in [0.1, 0.15) is 28.0 Å². The van der Waals surface area contributed by atoms with Crippen LogP contribution in [0, 0.1) is 13.8 Å². The van der Waals surface area contributed by atoms with Gasteiger partial charge in [0, 0.05) is 24.8 Å². The zero-order chi connectivity index (χ0) is 18.9. The summed E-state index contributed by atoms with van der Waals surface area (Å²) in [6.07, 6.45) is 1.89. The number of aryl methyl sites for hydroxylation is 2. The zero-order valence-corrected chi connectivity index (χ0v) is 15.9. The van der Waals surface area contributed by atoms with Crippen LogP contribution < -0.4 is 10.2 Å². The van der Waals surface area contributed by atoms with Gasteiger partial charge in [0.25, 0.3) is 5.91 Å². The van der Waals surface area contributed by atoms with Crippen LogP contribution in [0.2, 0.25) is 0 Å². The molecule has 8 heteroatoms. The first-order chi connectivity index (χ1) is 12.3. The fourth-order valence-corrected chi connectivity index (χ4v) is 4.90. The highest BCUT2D eigenvalue weighted by atomic mass is 32.2. The summed E-state index contributed by atoms with van der Waals surface area (Å²) >= 11 is 0. The molecule has 1 atom stereocenters. The number of sulfone groups is 1. The lowest BCUT2D eigenvalue weighted by Gasteiger charge is -2.24. The summed E-state index contributed by atoms with van der Waals surface area (Å²) in [6.45, 7) is 3.87. The van der Waals surface area contributed by atoms with Crippen LogP contribution in [0.3, 0.4) is 0 Å². The molecule has 1 aromatic heterocycles. The highest BCUT2D eigenvalue weighted by molar-refractivity contribution is 7.91. The Morgan fingerprint density at radius 2 is 1.92 bits per heavy atom. The molecule has 1 aliphatic rings. The molecular formula is C18H22N4O3S. The number of rotatable bonds is 4. The van der Waals surface area contributed by atoms with Crippen molar-refractivity contribution in [1.29, 1.82) is 0 Å². The van der Waals surface area contributed by atoms with Gasteiger partial charge in [-0.2, -0.15) is 0 Å². The van der Waals surface area contributed by atoms with Crippen LogP contribution in [0.5, 0.6) is 0 Å². The Morgan fingerprint density at radius 3 is 2.54 bits per heavy atom. The second-order valence-corrected chi connectivity index (χ2v) is 8.88. The van der Waals surface area contributed by atoms with Crippen molar-refractivity contribution in [3.8, 4) is 0 Å². The fraction of sp³-hybridized carbons (Fsp3) is 0.389. The molecule has 0 bridgehead atoms. The molecule has 0 radical (unpaired) electrons. The molecule has 1 N–H and O–H groups in total. The lowest BCUT2D eigenvalue weighted by atomic mass is 10.1. The number of carbonyl (C=O) groups excluding carboxylic acids is 1. The topological polar surface area (TPSA) is 92.3 Å². The van der Waals surface area contributed by atoms with Gasteiger partial charge in [-0.3, -0.25) is 4.79 Å². The van der Waals surface area contributed by atoms with Gasteiger partial charge in [-0.05, 0) is 31.4 Å². The highest BCUT2D eigenvalue weighted by Gasteiger charge is 2.31. The van der Waals surface area contributed by atoms with Crippen LogP contribution in [0.15, 0.2) is 30.6 Å². The van der Waals surface area contributed by atoms with Crippen molar-refractivity contribution in [2.24, 2.45) is 0 Å². The summed E-state index contributed by atoms with van der Waals surface area (Å²) in [6, 6.07) is 7.26. The van der Waals surface area contributed by atoms with Crippen molar-refractivity contribution in [3.63, 3.8) is 0 Å². The highest BCUT2D eigenvalue weighted by Crippen LogP contribution is 2.23. The van der Waals surface area contributed by atoms with Crippen LogP contribution in [0.4, 0.5) is 11.5 Å². The van der Waals surface area contributed by atoms with Crippen LogP contribution in [-0.4, -0.2) is 48.9 Å². The van der Waals surface area contributed by atoms with Gasteiger partial charge in [0.05, 0.1) is 11.5 Å². The van der Waals surface area contributed by atoms with Crippen molar-refractivity contribution in [2.75, 3.05) is 28.8 Å². The predicted molar refractivity (Wildman–Crippen MR) is 101 cm³/mol. The Hall–Kier alpha value is -2.48. The molecule has 1 unspecified atom stereocenters. The van der Waals surface area contributed by atoms with Gasteiger partial charge < -0.3 is 10.2 Å². The van der Waals surface area contributed by atoms with Crippen molar-refractivity contribution < 1.29 is 13.2 Å². The molecule has 0 aliphatic carbocycles. The number of amides is 1. The number of nitrogens with zero attached hydrogens (tertiary/aromatic N) is 3. The number of hydrogen-bond donors (Lipinski definition) is 1. The summed E-state index contributed by atoms with van der Waals surface area (Å²) in [5.41, 5.74) is 2.96. The third-order valence-corrected chi connectivity index (χ3v) is 6.47. The number of benzene rings is 1. The second-order valence-electron chi connectivity index (χ2n) is 6.65. The number of aromatic nitrogens is 2. The Kier molecular flexibility index (Phi) is 4.95. The zero-order valence-electron chi connectivity index (χ0n) is 15.1. The van der Waals surface area contributed by atoms with E-state index in [4.69, 9.17) is 0 Å². The van der Waals surface area contributed by atoms with Gasteiger partial charge in [0.15, 0.2) is 9.84 Å². The third-order valence-electron chi connectivity index (χ3n) is 4.72. The average molecular weight is 374 g/mol. The molecule has 1 fully saturated rings. The number of carbonyl (C=O) groups is 1. The van der Waals surface area contributed by atoms with E-state index in [1.54, 1.807) is 13.1 Å². The number of para-hydroxylation sites is 1. The van der Waals surface area contributed by atoms with Gasteiger partial charge in [-0.25, -0.2) is 18.4 Å². The average Bonchev–Trinajstić information content (AvgIpc) is 2.97. The summed E-state index contributed by atoms with van der Waals surface area (Å²) in [4.78, 5) is 22.7. The summed E-state index contributed by atoms with van der Waals surface area (Å²) in [7, 11) is -1.20. The number of hydrogen-bond acceptors (Lipinski definition) is 6. The van der Waals surface area contributed by atoms with E-state index >= 15 is 0 Å². The van der Waals surface area contributed by atoms with Crippen molar-refractivity contribution >= 4 is 27.2 Å². The largest absolute Gasteiger partial charge is 0.356 e. The minimum Gasteiger partial charge on any atom is -0.356 e. The minimum absolute atomic E-state index is 0.109. The van der Waals surface area contributed by atoms with Crippen LogP contribution >= 0.6 is 0 Å². The maximum atomic E-state index is 12.6. The maximum absolute atomic E-state index is 12.6. The van der Waals surface area contributed by atoms with Crippen LogP contribution in [0.25, 0.3) is 0 Å². The summed E-state index contributed by atoms with van der Waals surface area (Å²) in [5, 5.41) is 2.90. The molecule has 26 heavy (non-hydrogen) atoms. The second kappa shape index (κ2) is 7.03. The van der Waals surface area contributed by atoms with Gasteiger partial charge in [-0.15, -0.1) is 0 Å². The molecule has 138 valence electrons. The summed E-state index contributed by atoms with van der Waals surface area (Å²) < 4.78 is 23.4. The Labute approximate surface area is 153 Å². The van der Waals surface area contributed by atoms with E-state index in [1.807, 2.05) is 36.9 Å². The molecule has 3 rings (SSSR count). The Bertz CT molecular complexity index is 923. The maximum Gasteiger partial charge on any atom is 0.274 e. The lowest BCUT2D eigenvalue weighted by molar-refractivity contribution is 0.102. The molecule has 0 saturated carbocycles. The SMILES string of the molecule is Cc1cccc(C)c1NC(=O)c1cc(N(C)C2CCS(=O)(=O)C2)ncn1. The van der Waals surface area contributed by atoms with E-state index in [2.05, 4.69) is 15.3 Å². The van der Waals surface area contributed by atoms with Crippen molar-refractivity contribution in [2.45, 2.75) is 26.3 Å². The first-order valence-corrected chi connectivity index (χ1v) is 10.2. The Morgan fingerprint density at radius 1 is 1.23 bits per heavy atom. The number of anilines is 2. The molecule has 7 nitrogen and oxygen atoms in total. The molecule has 1 saturated heterocycles. The molecule has 2 aromatic rings. The normalized spacial score (nSPS) is 18.5. The summed E-state index contributed by atoms with van der Waals surface area (Å²) in [5.74, 6) is 0.511. The van der Waals surface area contributed by atoms with Crippen molar-refractivity contribution in [1.82, 2.24) is 9.97 Å². The predicted octanol–water partition coefficient (Wildman–Crippen LogP) is 1.97. The number of nitrogens with one attached hydrogen (secondary N) is 1.